The normalized spacial score (nSPS) is 26.9. The zero-order valence-corrected chi connectivity index (χ0v) is 11.5. The topological polar surface area (TPSA) is 32.8 Å². The SMILES string of the molecule is CC(C)(C)OC(=O)N1CC(N2CCC[C@@H](F)C2)C1. The Morgan fingerprint density at radius 1 is 1.28 bits per heavy atom. The second-order valence-corrected chi connectivity index (χ2v) is 6.27. The van der Waals surface area contributed by atoms with E-state index >= 15 is 0 Å². The van der Waals surface area contributed by atoms with Gasteiger partial charge in [0, 0.05) is 25.7 Å². The monoisotopic (exact) mass is 258 g/mol. The standard InChI is InChI=1S/C13H23FN2O2/c1-13(2,3)18-12(17)16-8-11(9-16)15-6-4-5-10(14)7-15/h10-11H,4-9H2,1-3H3/t10-/m1/s1. The largest absolute Gasteiger partial charge is 0.444 e. The summed E-state index contributed by atoms with van der Waals surface area (Å²) in [7, 11) is 0. The van der Waals surface area contributed by atoms with E-state index in [-0.39, 0.29) is 6.09 Å². The van der Waals surface area contributed by atoms with Gasteiger partial charge in [-0.1, -0.05) is 0 Å². The van der Waals surface area contributed by atoms with Gasteiger partial charge in [-0.2, -0.15) is 0 Å². The number of hydrogen-bond donors (Lipinski definition) is 0. The molecule has 2 aliphatic heterocycles. The van der Waals surface area contributed by atoms with Crippen molar-refractivity contribution in [1.82, 2.24) is 9.80 Å². The Balaban J connectivity index is 1.75. The van der Waals surface area contributed by atoms with E-state index in [1.54, 1.807) is 4.90 Å². The van der Waals surface area contributed by atoms with Crippen LogP contribution in [-0.2, 0) is 4.74 Å². The zero-order chi connectivity index (χ0) is 13.3. The van der Waals surface area contributed by atoms with Crippen LogP contribution in [0.1, 0.15) is 33.6 Å². The summed E-state index contributed by atoms with van der Waals surface area (Å²) >= 11 is 0. The van der Waals surface area contributed by atoms with Gasteiger partial charge in [-0.15, -0.1) is 0 Å². The zero-order valence-electron chi connectivity index (χ0n) is 11.5. The van der Waals surface area contributed by atoms with E-state index in [9.17, 15) is 9.18 Å². The van der Waals surface area contributed by atoms with Crippen molar-refractivity contribution < 1.29 is 13.9 Å². The molecule has 0 aliphatic carbocycles. The van der Waals surface area contributed by atoms with Crippen LogP contribution in [0.3, 0.4) is 0 Å². The van der Waals surface area contributed by atoms with Gasteiger partial charge < -0.3 is 9.64 Å². The van der Waals surface area contributed by atoms with Gasteiger partial charge in [0.2, 0.25) is 0 Å². The number of amides is 1. The number of likely N-dealkylation sites (tertiary alicyclic amines) is 2. The summed E-state index contributed by atoms with van der Waals surface area (Å²) in [6.45, 7) is 8.39. The van der Waals surface area contributed by atoms with Crippen LogP contribution in [0.15, 0.2) is 0 Å². The maximum atomic E-state index is 13.3. The fraction of sp³-hybridized carbons (Fsp3) is 0.923. The Morgan fingerprint density at radius 3 is 2.50 bits per heavy atom. The first-order valence-corrected chi connectivity index (χ1v) is 6.71. The maximum absolute atomic E-state index is 13.3. The Morgan fingerprint density at radius 2 is 1.94 bits per heavy atom. The number of carbonyl (C=O) groups excluding carboxylic acids is 1. The van der Waals surface area contributed by atoms with E-state index in [4.69, 9.17) is 4.74 Å². The lowest BCUT2D eigenvalue weighted by Crippen LogP contribution is -2.63. The number of nitrogens with zero attached hydrogens (tertiary/aromatic N) is 2. The highest BCUT2D eigenvalue weighted by atomic mass is 19.1. The fourth-order valence-corrected chi connectivity index (χ4v) is 2.45. The minimum Gasteiger partial charge on any atom is -0.444 e. The molecule has 2 heterocycles. The highest BCUT2D eigenvalue weighted by molar-refractivity contribution is 5.69. The van der Waals surface area contributed by atoms with Crippen molar-refractivity contribution in [3.05, 3.63) is 0 Å². The molecule has 0 N–H and O–H groups in total. The summed E-state index contributed by atoms with van der Waals surface area (Å²) in [4.78, 5) is 15.6. The molecule has 0 spiro atoms. The first kappa shape index (κ1) is 13.6. The van der Waals surface area contributed by atoms with Crippen molar-refractivity contribution in [2.45, 2.75) is 51.4 Å². The van der Waals surface area contributed by atoms with Crippen LogP contribution in [-0.4, -0.2) is 59.9 Å². The quantitative estimate of drug-likeness (QED) is 0.721. The molecule has 0 bridgehead atoms. The van der Waals surface area contributed by atoms with Crippen LogP contribution in [0.2, 0.25) is 0 Å². The number of rotatable bonds is 1. The third-order valence-corrected chi connectivity index (χ3v) is 3.43. The summed E-state index contributed by atoms with van der Waals surface area (Å²) in [6, 6.07) is 0.316. The molecule has 18 heavy (non-hydrogen) atoms. The molecule has 0 aromatic rings. The van der Waals surface area contributed by atoms with Gasteiger partial charge in [-0.3, -0.25) is 4.90 Å². The van der Waals surface area contributed by atoms with Crippen molar-refractivity contribution in [2.24, 2.45) is 0 Å². The number of hydrogen-bond acceptors (Lipinski definition) is 3. The first-order chi connectivity index (χ1) is 8.35. The molecule has 2 saturated heterocycles. The second-order valence-electron chi connectivity index (χ2n) is 6.27. The molecule has 2 aliphatic rings. The van der Waals surface area contributed by atoms with E-state index in [2.05, 4.69) is 4.90 Å². The third-order valence-electron chi connectivity index (χ3n) is 3.43. The number of piperidine rings is 1. The molecule has 2 rings (SSSR count). The van der Waals surface area contributed by atoms with Gasteiger partial charge in [0.1, 0.15) is 11.8 Å². The summed E-state index contributed by atoms with van der Waals surface area (Å²) in [6.07, 6.45) is 0.644. The van der Waals surface area contributed by atoms with Crippen molar-refractivity contribution in [3.63, 3.8) is 0 Å². The molecular weight excluding hydrogens is 235 g/mol. The molecule has 0 aromatic carbocycles. The van der Waals surface area contributed by atoms with Crippen LogP contribution >= 0.6 is 0 Å². The van der Waals surface area contributed by atoms with Crippen LogP contribution in [0.25, 0.3) is 0 Å². The summed E-state index contributed by atoms with van der Waals surface area (Å²) in [5, 5.41) is 0. The lowest BCUT2D eigenvalue weighted by atomic mass is 10.0. The molecule has 0 unspecified atom stereocenters. The van der Waals surface area contributed by atoms with Crippen LogP contribution in [0.4, 0.5) is 9.18 Å². The van der Waals surface area contributed by atoms with Crippen LogP contribution in [0.5, 0.6) is 0 Å². The maximum Gasteiger partial charge on any atom is 0.410 e. The highest BCUT2D eigenvalue weighted by Gasteiger charge is 2.38. The van der Waals surface area contributed by atoms with E-state index in [0.717, 1.165) is 13.0 Å². The first-order valence-electron chi connectivity index (χ1n) is 6.71. The van der Waals surface area contributed by atoms with Gasteiger partial charge in [-0.25, -0.2) is 9.18 Å². The Labute approximate surface area is 108 Å². The van der Waals surface area contributed by atoms with Gasteiger partial charge in [-0.05, 0) is 40.2 Å². The third kappa shape index (κ3) is 3.34. The summed E-state index contributed by atoms with van der Waals surface area (Å²) in [5.41, 5.74) is -0.447. The van der Waals surface area contributed by atoms with Crippen molar-refractivity contribution in [3.8, 4) is 0 Å². The number of ether oxygens (including phenoxy) is 1. The van der Waals surface area contributed by atoms with Crippen LogP contribution in [0, 0.1) is 0 Å². The minimum atomic E-state index is -0.700. The average molecular weight is 258 g/mol. The van der Waals surface area contributed by atoms with E-state index in [1.807, 2.05) is 20.8 Å². The molecule has 0 aromatic heterocycles. The summed E-state index contributed by atoms with van der Waals surface area (Å²) < 4.78 is 18.6. The van der Waals surface area contributed by atoms with E-state index in [0.29, 0.717) is 32.1 Å². The second kappa shape index (κ2) is 5.03. The highest BCUT2D eigenvalue weighted by Crippen LogP contribution is 2.23. The van der Waals surface area contributed by atoms with Crippen molar-refractivity contribution in [1.29, 1.82) is 0 Å². The van der Waals surface area contributed by atoms with E-state index in [1.165, 1.54) is 0 Å². The fourth-order valence-electron chi connectivity index (χ4n) is 2.45. The molecule has 1 amide bonds. The number of carbonyl (C=O) groups is 1. The van der Waals surface area contributed by atoms with Gasteiger partial charge >= 0.3 is 6.09 Å². The molecule has 0 saturated carbocycles. The molecule has 0 radical (unpaired) electrons. The average Bonchev–Trinajstić information content (AvgIpc) is 2.11. The summed E-state index contributed by atoms with van der Waals surface area (Å²) in [5.74, 6) is 0. The van der Waals surface area contributed by atoms with Gasteiger partial charge in [0.25, 0.3) is 0 Å². The molecular formula is C13H23FN2O2. The predicted molar refractivity (Wildman–Crippen MR) is 67.3 cm³/mol. The van der Waals surface area contributed by atoms with Crippen molar-refractivity contribution in [2.75, 3.05) is 26.2 Å². The lowest BCUT2D eigenvalue weighted by Gasteiger charge is -2.46. The molecule has 4 nitrogen and oxygen atoms in total. The van der Waals surface area contributed by atoms with Gasteiger partial charge in [0.05, 0.1) is 0 Å². The van der Waals surface area contributed by atoms with Crippen molar-refractivity contribution >= 4 is 6.09 Å². The molecule has 1 atom stereocenters. The minimum absolute atomic E-state index is 0.257. The Bertz CT molecular complexity index is 311. The number of halogens is 1. The number of alkyl halides is 1. The van der Waals surface area contributed by atoms with E-state index < -0.39 is 11.8 Å². The predicted octanol–water partition coefficient (Wildman–Crippen LogP) is 2.04. The Kier molecular flexibility index (Phi) is 3.80. The van der Waals surface area contributed by atoms with Gasteiger partial charge in [0.15, 0.2) is 0 Å². The molecule has 5 heteroatoms. The lowest BCUT2D eigenvalue weighted by molar-refractivity contribution is -0.0253. The molecule has 104 valence electrons. The molecule has 2 fully saturated rings. The van der Waals surface area contributed by atoms with Crippen LogP contribution < -0.4 is 0 Å². The Hall–Kier alpha value is -0.840. The smallest absolute Gasteiger partial charge is 0.410 e.